The van der Waals surface area contributed by atoms with Gasteiger partial charge >= 0.3 is 12.1 Å². The second kappa shape index (κ2) is 9.87. The summed E-state index contributed by atoms with van der Waals surface area (Å²) in [5.41, 5.74) is 3.73. The molecule has 7 heteroatoms. The Bertz CT molecular complexity index is 1040. The third kappa shape index (κ3) is 4.65. The molecule has 0 saturated carbocycles. The first-order valence-electron chi connectivity index (χ1n) is 12.0. The lowest BCUT2D eigenvalue weighted by atomic mass is 9.77. The van der Waals surface area contributed by atoms with Gasteiger partial charge in [0.15, 0.2) is 0 Å². The topological polar surface area (TPSA) is 95.9 Å². The number of likely N-dealkylation sites (tertiary alicyclic amines) is 1. The van der Waals surface area contributed by atoms with E-state index in [4.69, 9.17) is 4.74 Å². The SMILES string of the molecule is CCC1(C(=O)O)CCCN(C(=O)CC(C)NC(=O)OCC2c3ccccc3-c3ccccc32)C1. The second-order valence-corrected chi connectivity index (χ2v) is 9.43. The summed E-state index contributed by atoms with van der Waals surface area (Å²) in [7, 11) is 0. The van der Waals surface area contributed by atoms with E-state index in [0.717, 1.165) is 22.3 Å². The summed E-state index contributed by atoms with van der Waals surface area (Å²) in [6.45, 7) is 4.59. The van der Waals surface area contributed by atoms with Crippen molar-refractivity contribution in [2.24, 2.45) is 5.41 Å². The van der Waals surface area contributed by atoms with E-state index in [9.17, 15) is 19.5 Å². The van der Waals surface area contributed by atoms with Gasteiger partial charge in [0.1, 0.15) is 6.61 Å². The van der Waals surface area contributed by atoms with Gasteiger partial charge in [-0.3, -0.25) is 9.59 Å². The molecule has 1 heterocycles. The minimum Gasteiger partial charge on any atom is -0.481 e. The number of nitrogens with zero attached hydrogens (tertiary/aromatic N) is 1. The molecule has 2 aliphatic rings. The van der Waals surface area contributed by atoms with Gasteiger partial charge in [0.05, 0.1) is 5.41 Å². The molecule has 2 unspecified atom stereocenters. The number of rotatable bonds is 7. The number of carbonyl (C=O) groups excluding carboxylic acids is 2. The van der Waals surface area contributed by atoms with Crippen LogP contribution in [0.1, 0.15) is 56.6 Å². The molecule has 180 valence electrons. The Labute approximate surface area is 200 Å². The van der Waals surface area contributed by atoms with Crippen LogP contribution < -0.4 is 5.32 Å². The average molecular weight is 465 g/mol. The lowest BCUT2D eigenvalue weighted by molar-refractivity contribution is -0.155. The lowest BCUT2D eigenvalue weighted by Gasteiger charge is -2.39. The molecule has 1 saturated heterocycles. The molecule has 34 heavy (non-hydrogen) atoms. The van der Waals surface area contributed by atoms with Gasteiger partial charge in [-0.25, -0.2) is 4.79 Å². The van der Waals surface area contributed by atoms with Crippen molar-refractivity contribution in [3.05, 3.63) is 59.7 Å². The van der Waals surface area contributed by atoms with Crippen LogP contribution in [0.4, 0.5) is 4.79 Å². The van der Waals surface area contributed by atoms with Gasteiger partial charge < -0.3 is 20.1 Å². The fourth-order valence-corrected chi connectivity index (χ4v) is 5.24. The highest BCUT2D eigenvalue weighted by Crippen LogP contribution is 2.44. The quantitative estimate of drug-likeness (QED) is 0.633. The number of hydrogen-bond donors (Lipinski definition) is 2. The predicted octanol–water partition coefficient (Wildman–Crippen LogP) is 4.41. The van der Waals surface area contributed by atoms with Gasteiger partial charge in [0.2, 0.25) is 5.91 Å². The minimum atomic E-state index is -0.878. The van der Waals surface area contributed by atoms with E-state index in [2.05, 4.69) is 29.6 Å². The molecular weight excluding hydrogens is 432 g/mol. The highest BCUT2D eigenvalue weighted by molar-refractivity contribution is 5.81. The normalized spacial score (nSPS) is 20.2. The van der Waals surface area contributed by atoms with Crippen molar-refractivity contribution in [1.82, 2.24) is 10.2 Å². The van der Waals surface area contributed by atoms with E-state index < -0.39 is 23.5 Å². The zero-order valence-corrected chi connectivity index (χ0v) is 19.8. The molecule has 2 aromatic carbocycles. The van der Waals surface area contributed by atoms with Crippen molar-refractivity contribution in [1.29, 1.82) is 0 Å². The molecule has 0 bridgehead atoms. The molecule has 0 radical (unpaired) electrons. The third-order valence-electron chi connectivity index (χ3n) is 7.25. The Morgan fingerprint density at radius 3 is 2.32 bits per heavy atom. The second-order valence-electron chi connectivity index (χ2n) is 9.43. The monoisotopic (exact) mass is 464 g/mol. The number of fused-ring (bicyclic) bond motifs is 3. The van der Waals surface area contributed by atoms with Gasteiger partial charge in [-0.05, 0) is 48.4 Å². The maximum absolute atomic E-state index is 12.8. The van der Waals surface area contributed by atoms with Crippen LogP contribution in [0.2, 0.25) is 0 Å². The number of nitrogens with one attached hydrogen (secondary N) is 1. The van der Waals surface area contributed by atoms with Crippen molar-refractivity contribution in [3.8, 4) is 11.1 Å². The Morgan fingerprint density at radius 2 is 1.74 bits per heavy atom. The van der Waals surface area contributed by atoms with Crippen LogP contribution in [0.15, 0.2) is 48.5 Å². The summed E-state index contributed by atoms with van der Waals surface area (Å²) in [6.07, 6.45) is 1.27. The van der Waals surface area contributed by atoms with E-state index in [1.165, 1.54) is 0 Å². The number of amides is 2. The standard InChI is InChI=1S/C27H32N2O5/c1-3-27(25(31)32)13-8-14-29(17-27)24(30)15-18(2)28-26(33)34-16-23-21-11-6-4-9-19(21)20-10-5-7-12-22(20)23/h4-7,9-12,18,23H,3,8,13-17H2,1-2H3,(H,28,33)(H,31,32). The number of benzene rings is 2. The Kier molecular flexibility index (Phi) is 6.91. The van der Waals surface area contributed by atoms with Crippen LogP contribution in [0, 0.1) is 5.41 Å². The van der Waals surface area contributed by atoms with Crippen LogP contribution in [0.3, 0.4) is 0 Å². The highest BCUT2D eigenvalue weighted by Gasteiger charge is 2.42. The number of aliphatic carboxylic acids is 1. The summed E-state index contributed by atoms with van der Waals surface area (Å²) in [5, 5.41) is 12.4. The van der Waals surface area contributed by atoms with Crippen LogP contribution in [0.25, 0.3) is 11.1 Å². The first-order chi connectivity index (χ1) is 16.3. The summed E-state index contributed by atoms with van der Waals surface area (Å²) in [4.78, 5) is 38.7. The van der Waals surface area contributed by atoms with Crippen molar-refractivity contribution in [3.63, 3.8) is 0 Å². The predicted molar refractivity (Wildman–Crippen MR) is 128 cm³/mol. The summed E-state index contributed by atoms with van der Waals surface area (Å²) >= 11 is 0. The number of carbonyl (C=O) groups is 3. The zero-order valence-electron chi connectivity index (χ0n) is 19.8. The van der Waals surface area contributed by atoms with Crippen molar-refractivity contribution in [2.75, 3.05) is 19.7 Å². The minimum absolute atomic E-state index is 0.0263. The lowest BCUT2D eigenvalue weighted by Crippen LogP contribution is -2.50. The van der Waals surface area contributed by atoms with Crippen LogP contribution in [-0.4, -0.2) is 53.7 Å². The fraction of sp³-hybridized carbons (Fsp3) is 0.444. The number of ether oxygens (including phenoxy) is 1. The Morgan fingerprint density at radius 1 is 1.12 bits per heavy atom. The summed E-state index contributed by atoms with van der Waals surface area (Å²) in [6, 6.07) is 15.9. The number of alkyl carbamates (subject to hydrolysis) is 1. The van der Waals surface area contributed by atoms with Gasteiger partial charge in [-0.15, -0.1) is 0 Å². The molecular formula is C27H32N2O5. The number of carboxylic acid groups (broad SMARTS) is 1. The molecule has 1 fully saturated rings. The molecule has 7 nitrogen and oxygen atoms in total. The zero-order chi connectivity index (χ0) is 24.3. The average Bonchev–Trinajstić information content (AvgIpc) is 3.16. The maximum Gasteiger partial charge on any atom is 0.407 e. The molecule has 2 N–H and O–H groups in total. The smallest absolute Gasteiger partial charge is 0.407 e. The van der Waals surface area contributed by atoms with Crippen LogP contribution in [0.5, 0.6) is 0 Å². The van der Waals surface area contributed by atoms with Crippen molar-refractivity contribution < 1.29 is 24.2 Å². The fourth-order valence-electron chi connectivity index (χ4n) is 5.24. The van der Waals surface area contributed by atoms with Gasteiger partial charge in [0.25, 0.3) is 0 Å². The molecule has 4 rings (SSSR count). The molecule has 0 aromatic heterocycles. The number of hydrogen-bond acceptors (Lipinski definition) is 4. The Balaban J connectivity index is 1.31. The van der Waals surface area contributed by atoms with Crippen LogP contribution in [-0.2, 0) is 14.3 Å². The summed E-state index contributed by atoms with van der Waals surface area (Å²) in [5.74, 6) is -1.02. The first kappa shape index (κ1) is 23.8. The number of piperidine rings is 1. The highest BCUT2D eigenvalue weighted by atomic mass is 16.5. The van der Waals surface area contributed by atoms with Crippen molar-refractivity contribution in [2.45, 2.75) is 51.5 Å². The largest absolute Gasteiger partial charge is 0.481 e. The van der Waals surface area contributed by atoms with Gasteiger partial charge in [-0.1, -0.05) is 55.5 Å². The first-order valence-corrected chi connectivity index (χ1v) is 12.0. The third-order valence-corrected chi connectivity index (χ3v) is 7.25. The van der Waals surface area contributed by atoms with Crippen molar-refractivity contribution >= 4 is 18.0 Å². The molecule has 1 aliphatic carbocycles. The van der Waals surface area contributed by atoms with Crippen LogP contribution >= 0.6 is 0 Å². The van der Waals surface area contributed by atoms with Gasteiger partial charge in [0, 0.05) is 31.5 Å². The maximum atomic E-state index is 12.8. The van der Waals surface area contributed by atoms with E-state index in [1.807, 2.05) is 31.2 Å². The summed E-state index contributed by atoms with van der Waals surface area (Å²) < 4.78 is 5.57. The molecule has 1 aliphatic heterocycles. The number of carboxylic acids is 1. The molecule has 2 atom stereocenters. The molecule has 2 amide bonds. The molecule has 2 aromatic rings. The van der Waals surface area contributed by atoms with Gasteiger partial charge in [-0.2, -0.15) is 0 Å². The van der Waals surface area contributed by atoms with E-state index in [1.54, 1.807) is 11.8 Å². The van der Waals surface area contributed by atoms with E-state index in [-0.39, 0.29) is 31.4 Å². The van der Waals surface area contributed by atoms with E-state index in [0.29, 0.717) is 25.8 Å². The van der Waals surface area contributed by atoms with E-state index >= 15 is 0 Å². The Hall–Kier alpha value is -3.35. The molecule has 0 spiro atoms.